The Hall–Kier alpha value is -3.09. The second kappa shape index (κ2) is 8.81. The quantitative estimate of drug-likeness (QED) is 0.288. The first-order chi connectivity index (χ1) is 15.4. The topological polar surface area (TPSA) is 66.8 Å². The molecule has 1 amide bonds. The molecule has 1 atom stereocenters. The Morgan fingerprint density at radius 1 is 1.16 bits per heavy atom. The zero-order valence-corrected chi connectivity index (χ0v) is 19.5. The summed E-state index contributed by atoms with van der Waals surface area (Å²) in [6, 6.07) is 13.4. The van der Waals surface area contributed by atoms with E-state index in [1.54, 1.807) is 30.3 Å². The first-order valence-electron chi connectivity index (χ1n) is 10.1. The molecule has 1 aromatic heterocycles. The number of benzene rings is 2. The van der Waals surface area contributed by atoms with Crippen LogP contribution in [0.3, 0.4) is 0 Å². The van der Waals surface area contributed by atoms with Gasteiger partial charge in [0.05, 0.1) is 17.7 Å². The molecule has 1 N–H and O–H groups in total. The number of halogens is 1. The fraction of sp³-hybridized carbons (Fsp3) is 0.200. The van der Waals surface area contributed by atoms with E-state index < -0.39 is 17.7 Å². The van der Waals surface area contributed by atoms with Crippen LogP contribution in [0.1, 0.15) is 34.5 Å². The number of ketones is 1. The number of thiophene rings is 1. The third kappa shape index (κ3) is 3.70. The Morgan fingerprint density at radius 3 is 2.44 bits per heavy atom. The van der Waals surface area contributed by atoms with Gasteiger partial charge >= 0.3 is 0 Å². The van der Waals surface area contributed by atoms with Gasteiger partial charge < -0.3 is 9.84 Å². The molecule has 3 aromatic rings. The zero-order valence-electron chi connectivity index (χ0n) is 17.9. The first-order valence-corrected chi connectivity index (χ1v) is 11.4. The summed E-state index contributed by atoms with van der Waals surface area (Å²) in [5, 5.41) is 13.4. The van der Waals surface area contributed by atoms with E-state index in [2.05, 4.69) is 0 Å². The van der Waals surface area contributed by atoms with Crippen molar-refractivity contribution in [2.75, 3.05) is 12.0 Å². The Kier molecular flexibility index (Phi) is 6.09. The summed E-state index contributed by atoms with van der Waals surface area (Å²) in [5.41, 5.74) is 3.05. The van der Waals surface area contributed by atoms with Crippen LogP contribution in [0.2, 0.25) is 5.02 Å². The van der Waals surface area contributed by atoms with Crippen molar-refractivity contribution in [3.63, 3.8) is 0 Å². The predicted octanol–water partition coefficient (Wildman–Crippen LogP) is 5.91. The maximum absolute atomic E-state index is 13.2. The van der Waals surface area contributed by atoms with Gasteiger partial charge in [-0.1, -0.05) is 42.8 Å². The molecule has 2 aromatic carbocycles. The van der Waals surface area contributed by atoms with Crippen molar-refractivity contribution in [3.05, 3.63) is 86.1 Å². The highest BCUT2D eigenvalue weighted by molar-refractivity contribution is 7.10. The fourth-order valence-corrected chi connectivity index (χ4v) is 5.15. The van der Waals surface area contributed by atoms with Crippen LogP contribution in [0.15, 0.2) is 59.5 Å². The van der Waals surface area contributed by atoms with Crippen molar-refractivity contribution in [2.24, 2.45) is 0 Å². The number of carbonyl (C=O) groups excluding carboxylic acids is 2. The number of rotatable bonds is 5. The molecule has 7 heteroatoms. The van der Waals surface area contributed by atoms with Crippen molar-refractivity contribution < 1.29 is 19.4 Å². The van der Waals surface area contributed by atoms with E-state index in [1.807, 2.05) is 37.4 Å². The lowest BCUT2D eigenvalue weighted by Gasteiger charge is -2.25. The van der Waals surface area contributed by atoms with Gasteiger partial charge in [0.1, 0.15) is 17.6 Å². The smallest absolute Gasteiger partial charge is 0.300 e. The molecule has 4 rings (SSSR count). The summed E-state index contributed by atoms with van der Waals surface area (Å²) in [6.45, 7) is 3.96. The number of ether oxygens (including phenoxy) is 1. The van der Waals surface area contributed by atoms with Crippen molar-refractivity contribution in [2.45, 2.75) is 26.3 Å². The predicted molar refractivity (Wildman–Crippen MR) is 128 cm³/mol. The minimum Gasteiger partial charge on any atom is -0.507 e. The van der Waals surface area contributed by atoms with Crippen LogP contribution in [0, 0.1) is 6.92 Å². The Balaban J connectivity index is 1.91. The standard InChI is InChI=1S/C25H22ClNO4S/c1-4-15-5-7-16(8-6-15)22(28)20-21(24-14(2)11-12-32-24)27(25(30)23(20)29)17-9-10-19(31-3)18(26)13-17/h5-13,21,28H,4H2,1-3H3/b22-20-. The Bertz CT molecular complexity index is 1230. The molecule has 2 heterocycles. The van der Waals surface area contributed by atoms with E-state index in [1.165, 1.54) is 23.3 Å². The zero-order chi connectivity index (χ0) is 23.0. The van der Waals surface area contributed by atoms with Crippen LogP contribution in [0.4, 0.5) is 5.69 Å². The highest BCUT2D eigenvalue weighted by atomic mass is 35.5. The van der Waals surface area contributed by atoms with E-state index in [-0.39, 0.29) is 11.3 Å². The van der Waals surface area contributed by atoms with Gasteiger partial charge in [-0.05, 0) is 54.1 Å². The maximum Gasteiger partial charge on any atom is 0.300 e. The molecular weight excluding hydrogens is 446 g/mol. The first kappa shape index (κ1) is 22.1. The van der Waals surface area contributed by atoms with E-state index >= 15 is 0 Å². The molecular formula is C25H22ClNO4S. The highest BCUT2D eigenvalue weighted by Gasteiger charge is 2.48. The molecule has 1 fully saturated rings. The number of hydrogen-bond acceptors (Lipinski definition) is 5. The molecule has 1 unspecified atom stereocenters. The molecule has 1 aliphatic rings. The number of Topliss-reactive ketones (excluding diaryl/α,β-unsaturated/α-hetero) is 1. The summed E-state index contributed by atoms with van der Waals surface area (Å²) in [7, 11) is 1.51. The summed E-state index contributed by atoms with van der Waals surface area (Å²) in [5.74, 6) is -1.17. The van der Waals surface area contributed by atoms with Gasteiger partial charge in [-0.2, -0.15) is 0 Å². The molecule has 0 spiro atoms. The van der Waals surface area contributed by atoms with Gasteiger partial charge in [0.2, 0.25) is 0 Å². The Labute approximate surface area is 195 Å². The second-order valence-corrected chi connectivity index (χ2v) is 8.86. The van der Waals surface area contributed by atoms with Crippen molar-refractivity contribution >= 4 is 46.1 Å². The molecule has 1 saturated heterocycles. The summed E-state index contributed by atoms with van der Waals surface area (Å²) in [4.78, 5) is 28.6. The third-order valence-electron chi connectivity index (χ3n) is 5.64. The van der Waals surface area contributed by atoms with Gasteiger partial charge in [-0.25, -0.2) is 0 Å². The molecule has 0 bridgehead atoms. The fourth-order valence-electron chi connectivity index (χ4n) is 3.87. The lowest BCUT2D eigenvalue weighted by molar-refractivity contribution is -0.132. The van der Waals surface area contributed by atoms with E-state index in [9.17, 15) is 14.7 Å². The van der Waals surface area contributed by atoms with Gasteiger partial charge in [0.25, 0.3) is 11.7 Å². The van der Waals surface area contributed by atoms with Crippen LogP contribution < -0.4 is 9.64 Å². The SMILES string of the molecule is CCc1ccc(/C(O)=C2/C(=O)C(=O)N(c3ccc(OC)c(Cl)c3)C2c2sccc2C)cc1. The van der Waals surface area contributed by atoms with Crippen molar-refractivity contribution in [1.82, 2.24) is 0 Å². The lowest BCUT2D eigenvalue weighted by atomic mass is 9.97. The number of carbonyl (C=O) groups is 2. The normalized spacial score (nSPS) is 17.8. The second-order valence-electron chi connectivity index (χ2n) is 7.51. The number of aryl methyl sites for hydroxylation is 2. The van der Waals surface area contributed by atoms with E-state index in [4.69, 9.17) is 16.3 Å². The van der Waals surface area contributed by atoms with E-state index in [0.717, 1.165) is 22.4 Å². The maximum atomic E-state index is 13.2. The van der Waals surface area contributed by atoms with Gasteiger partial charge in [0, 0.05) is 16.1 Å². The summed E-state index contributed by atoms with van der Waals surface area (Å²) in [6.07, 6.45) is 0.859. The summed E-state index contributed by atoms with van der Waals surface area (Å²) < 4.78 is 5.22. The number of aliphatic hydroxyl groups excluding tert-OH is 1. The van der Waals surface area contributed by atoms with Gasteiger partial charge in [-0.15, -0.1) is 11.3 Å². The number of anilines is 1. The molecule has 32 heavy (non-hydrogen) atoms. The molecule has 1 aliphatic heterocycles. The minimum atomic E-state index is -0.759. The van der Waals surface area contributed by atoms with Gasteiger partial charge in [-0.3, -0.25) is 14.5 Å². The number of aliphatic hydroxyl groups is 1. The van der Waals surface area contributed by atoms with Crippen LogP contribution >= 0.6 is 22.9 Å². The molecule has 0 radical (unpaired) electrons. The monoisotopic (exact) mass is 467 g/mol. The minimum absolute atomic E-state index is 0.0664. The third-order valence-corrected chi connectivity index (χ3v) is 7.01. The summed E-state index contributed by atoms with van der Waals surface area (Å²) >= 11 is 7.75. The van der Waals surface area contributed by atoms with Crippen LogP contribution in [-0.4, -0.2) is 23.9 Å². The number of hydrogen-bond donors (Lipinski definition) is 1. The van der Waals surface area contributed by atoms with Crippen LogP contribution in [0.5, 0.6) is 5.75 Å². The van der Waals surface area contributed by atoms with Crippen molar-refractivity contribution in [3.8, 4) is 5.75 Å². The van der Waals surface area contributed by atoms with Crippen LogP contribution in [-0.2, 0) is 16.0 Å². The molecule has 164 valence electrons. The lowest BCUT2D eigenvalue weighted by Crippen LogP contribution is -2.29. The van der Waals surface area contributed by atoms with Gasteiger partial charge in [0.15, 0.2) is 0 Å². The number of nitrogens with zero attached hydrogens (tertiary/aromatic N) is 1. The number of amides is 1. The number of methoxy groups -OCH3 is 1. The molecule has 0 aliphatic carbocycles. The Morgan fingerprint density at radius 2 is 1.88 bits per heavy atom. The largest absolute Gasteiger partial charge is 0.507 e. The average Bonchev–Trinajstić information content (AvgIpc) is 3.33. The molecule has 5 nitrogen and oxygen atoms in total. The van der Waals surface area contributed by atoms with Crippen molar-refractivity contribution in [1.29, 1.82) is 0 Å². The van der Waals surface area contributed by atoms with Crippen LogP contribution in [0.25, 0.3) is 5.76 Å². The molecule has 0 saturated carbocycles. The highest BCUT2D eigenvalue weighted by Crippen LogP contribution is 2.45. The van der Waals surface area contributed by atoms with E-state index in [0.29, 0.717) is 22.0 Å². The average molecular weight is 468 g/mol.